The van der Waals surface area contributed by atoms with Gasteiger partial charge in [-0.3, -0.25) is 4.79 Å². The second kappa shape index (κ2) is 7.58. The van der Waals surface area contributed by atoms with E-state index in [0.717, 1.165) is 22.7 Å². The average molecular weight is 340 g/mol. The van der Waals surface area contributed by atoms with E-state index in [9.17, 15) is 4.79 Å². The van der Waals surface area contributed by atoms with E-state index < -0.39 is 0 Å². The lowest BCUT2D eigenvalue weighted by Gasteiger charge is -2.11. The predicted octanol–water partition coefficient (Wildman–Crippen LogP) is 2.80. The molecule has 0 saturated carbocycles. The summed E-state index contributed by atoms with van der Waals surface area (Å²) in [5, 5.41) is 6.27. The van der Waals surface area contributed by atoms with Gasteiger partial charge in [0.2, 0.25) is 5.91 Å². The van der Waals surface area contributed by atoms with Crippen LogP contribution in [0.15, 0.2) is 17.5 Å². The maximum absolute atomic E-state index is 12.2. The third kappa shape index (κ3) is 4.19. The molecule has 0 aliphatic heterocycles. The summed E-state index contributed by atoms with van der Waals surface area (Å²) in [6.07, 6.45) is 0.947. The molecule has 5 nitrogen and oxygen atoms in total. The van der Waals surface area contributed by atoms with Crippen LogP contribution in [0.3, 0.4) is 0 Å². The van der Waals surface area contributed by atoms with Crippen LogP contribution in [0.2, 0.25) is 5.02 Å². The molecule has 7 heteroatoms. The minimum Gasteiger partial charge on any atom is -0.495 e. The Hall–Kier alpha value is -1.63. The first-order valence-corrected chi connectivity index (χ1v) is 8.06. The largest absolute Gasteiger partial charge is 0.495 e. The third-order valence-corrected chi connectivity index (χ3v) is 4.42. The Bertz CT molecular complexity index is 673. The van der Waals surface area contributed by atoms with Crippen molar-refractivity contribution in [2.75, 3.05) is 19.0 Å². The van der Waals surface area contributed by atoms with Crippen molar-refractivity contribution in [3.8, 4) is 5.75 Å². The van der Waals surface area contributed by atoms with E-state index in [4.69, 9.17) is 22.1 Å². The van der Waals surface area contributed by atoms with Gasteiger partial charge in [-0.05, 0) is 25.1 Å². The lowest BCUT2D eigenvalue weighted by atomic mass is 10.2. The normalized spacial score (nSPS) is 10.5. The zero-order valence-corrected chi connectivity index (χ0v) is 14.1. The van der Waals surface area contributed by atoms with E-state index in [1.807, 2.05) is 12.3 Å². The molecule has 1 amide bonds. The van der Waals surface area contributed by atoms with Crippen molar-refractivity contribution in [1.29, 1.82) is 0 Å². The van der Waals surface area contributed by atoms with Gasteiger partial charge in [-0.1, -0.05) is 11.6 Å². The Labute approximate surface area is 138 Å². The number of thiazole rings is 1. The van der Waals surface area contributed by atoms with Crippen molar-refractivity contribution in [3.63, 3.8) is 0 Å². The molecule has 1 heterocycles. The van der Waals surface area contributed by atoms with Gasteiger partial charge in [-0.15, -0.1) is 11.3 Å². The Morgan fingerprint density at radius 2 is 2.27 bits per heavy atom. The second-order valence-corrected chi connectivity index (χ2v) is 6.15. The lowest BCUT2D eigenvalue weighted by molar-refractivity contribution is -0.115. The summed E-state index contributed by atoms with van der Waals surface area (Å²) in [6.45, 7) is 2.43. The zero-order valence-electron chi connectivity index (χ0n) is 12.5. The van der Waals surface area contributed by atoms with E-state index >= 15 is 0 Å². The highest BCUT2D eigenvalue weighted by Gasteiger charge is 2.12. The van der Waals surface area contributed by atoms with Gasteiger partial charge in [0.1, 0.15) is 5.75 Å². The fraction of sp³-hybridized carbons (Fsp3) is 0.333. The van der Waals surface area contributed by atoms with Gasteiger partial charge in [-0.2, -0.15) is 0 Å². The zero-order chi connectivity index (χ0) is 16.1. The molecule has 0 aliphatic carbocycles. The molecule has 1 aromatic heterocycles. The van der Waals surface area contributed by atoms with Crippen LogP contribution in [0.25, 0.3) is 0 Å². The van der Waals surface area contributed by atoms with Crippen LogP contribution >= 0.6 is 22.9 Å². The first-order chi connectivity index (χ1) is 10.5. The Morgan fingerprint density at radius 3 is 2.95 bits per heavy atom. The lowest BCUT2D eigenvalue weighted by Crippen LogP contribution is -2.15. The first-order valence-electron chi connectivity index (χ1n) is 6.80. The van der Waals surface area contributed by atoms with E-state index in [2.05, 4.69) is 10.3 Å². The van der Waals surface area contributed by atoms with Crippen LogP contribution in [0.4, 0.5) is 5.69 Å². The summed E-state index contributed by atoms with van der Waals surface area (Å²) in [4.78, 5) is 16.5. The molecule has 0 fully saturated rings. The van der Waals surface area contributed by atoms with E-state index in [1.54, 1.807) is 12.1 Å². The molecule has 0 radical (unpaired) electrons. The maximum Gasteiger partial charge on any atom is 0.230 e. The molecule has 0 bridgehead atoms. The number of methoxy groups -OCH3 is 1. The number of nitrogens with two attached hydrogens (primary N) is 1. The summed E-state index contributed by atoms with van der Waals surface area (Å²) in [6, 6.07) is 3.48. The van der Waals surface area contributed by atoms with Gasteiger partial charge < -0.3 is 15.8 Å². The number of aromatic nitrogens is 1. The van der Waals surface area contributed by atoms with Crippen molar-refractivity contribution in [3.05, 3.63) is 38.8 Å². The van der Waals surface area contributed by atoms with Gasteiger partial charge in [0, 0.05) is 22.9 Å². The number of nitrogens with one attached hydrogen (secondary N) is 1. The highest BCUT2D eigenvalue weighted by Crippen LogP contribution is 2.31. The summed E-state index contributed by atoms with van der Waals surface area (Å²) < 4.78 is 5.24. The number of nitrogens with zero attached hydrogens (tertiary/aromatic N) is 1. The minimum atomic E-state index is -0.148. The molecule has 22 heavy (non-hydrogen) atoms. The number of hydrogen-bond acceptors (Lipinski definition) is 5. The standard InChI is InChI=1S/C15H18ClN3O2S/c1-9-5-12(13(21-2)7-11(9)16)19-14(20)6-10-8-22-15(18-10)3-4-17/h5,7-8H,3-4,6,17H2,1-2H3,(H,19,20). The van der Waals surface area contributed by atoms with Crippen molar-refractivity contribution >= 4 is 34.5 Å². The topological polar surface area (TPSA) is 77.2 Å². The number of carbonyl (C=O) groups excluding carboxylic acids is 1. The molecule has 0 unspecified atom stereocenters. The molecule has 0 spiro atoms. The monoisotopic (exact) mass is 339 g/mol. The first kappa shape index (κ1) is 16.7. The molecule has 0 saturated heterocycles. The van der Waals surface area contributed by atoms with E-state index in [1.165, 1.54) is 18.4 Å². The van der Waals surface area contributed by atoms with Gasteiger partial charge in [0.05, 0.1) is 29.9 Å². The van der Waals surface area contributed by atoms with Gasteiger partial charge in [0.25, 0.3) is 0 Å². The molecule has 0 atom stereocenters. The molecule has 2 rings (SSSR count). The quantitative estimate of drug-likeness (QED) is 0.848. The van der Waals surface area contributed by atoms with Crippen LogP contribution in [0.5, 0.6) is 5.75 Å². The van der Waals surface area contributed by atoms with Gasteiger partial charge in [0.15, 0.2) is 0 Å². The predicted molar refractivity (Wildman–Crippen MR) is 89.9 cm³/mol. The van der Waals surface area contributed by atoms with Crippen LogP contribution in [0, 0.1) is 6.92 Å². The van der Waals surface area contributed by atoms with Crippen LogP contribution in [-0.2, 0) is 17.6 Å². The fourth-order valence-electron chi connectivity index (χ4n) is 1.96. The Balaban J connectivity index is 2.06. The third-order valence-electron chi connectivity index (χ3n) is 3.05. The van der Waals surface area contributed by atoms with Crippen molar-refractivity contribution in [1.82, 2.24) is 4.98 Å². The SMILES string of the molecule is COc1cc(Cl)c(C)cc1NC(=O)Cc1csc(CCN)n1. The van der Waals surface area contributed by atoms with Crippen molar-refractivity contribution in [2.24, 2.45) is 5.73 Å². The number of ether oxygens (including phenoxy) is 1. The van der Waals surface area contributed by atoms with Crippen LogP contribution in [0.1, 0.15) is 16.3 Å². The number of halogens is 1. The summed E-state index contributed by atoms with van der Waals surface area (Å²) >= 11 is 7.57. The average Bonchev–Trinajstić information content (AvgIpc) is 2.90. The number of carbonyl (C=O) groups is 1. The number of aryl methyl sites for hydroxylation is 1. The molecule has 2 aromatic rings. The van der Waals surface area contributed by atoms with Gasteiger partial charge in [-0.25, -0.2) is 4.98 Å². The highest BCUT2D eigenvalue weighted by molar-refractivity contribution is 7.09. The summed E-state index contributed by atoms with van der Waals surface area (Å²) in [7, 11) is 1.54. The molecule has 118 valence electrons. The smallest absolute Gasteiger partial charge is 0.230 e. The van der Waals surface area contributed by atoms with Gasteiger partial charge >= 0.3 is 0 Å². The molecule has 1 aromatic carbocycles. The number of benzene rings is 1. The Kier molecular flexibility index (Phi) is 5.76. The molecular weight excluding hydrogens is 322 g/mol. The van der Waals surface area contributed by atoms with E-state index in [0.29, 0.717) is 23.0 Å². The maximum atomic E-state index is 12.2. The van der Waals surface area contributed by atoms with Crippen LogP contribution < -0.4 is 15.8 Å². The summed E-state index contributed by atoms with van der Waals surface area (Å²) in [5.74, 6) is 0.385. The molecule has 3 N–H and O–H groups in total. The minimum absolute atomic E-state index is 0.148. The second-order valence-electron chi connectivity index (χ2n) is 4.80. The Morgan fingerprint density at radius 1 is 1.50 bits per heavy atom. The number of anilines is 1. The van der Waals surface area contributed by atoms with Crippen molar-refractivity contribution in [2.45, 2.75) is 19.8 Å². The van der Waals surface area contributed by atoms with Crippen LogP contribution in [-0.4, -0.2) is 24.5 Å². The number of rotatable bonds is 6. The molecule has 0 aliphatic rings. The molecular formula is C15H18ClN3O2S. The van der Waals surface area contributed by atoms with E-state index in [-0.39, 0.29) is 12.3 Å². The highest BCUT2D eigenvalue weighted by atomic mass is 35.5. The summed E-state index contributed by atoms with van der Waals surface area (Å²) in [5.41, 5.74) is 7.72. The number of hydrogen-bond donors (Lipinski definition) is 2. The number of amides is 1. The fourth-order valence-corrected chi connectivity index (χ4v) is 2.92. The van der Waals surface area contributed by atoms with Crippen molar-refractivity contribution < 1.29 is 9.53 Å².